The maximum atomic E-state index is 5.67. The third kappa shape index (κ3) is 3.00. The molecule has 2 rings (SSSR count). The summed E-state index contributed by atoms with van der Waals surface area (Å²) < 4.78 is 6.92. The molecule has 0 saturated heterocycles. The van der Waals surface area contributed by atoms with Crippen LogP contribution in [-0.2, 0) is 0 Å². The normalized spacial score (nSPS) is 10.3. The van der Waals surface area contributed by atoms with Crippen LogP contribution in [0.4, 0.5) is 0 Å². The fourth-order valence-electron chi connectivity index (χ4n) is 1.88. The fourth-order valence-corrected chi connectivity index (χ4v) is 2.71. The Morgan fingerprint density at radius 1 is 1.12 bits per heavy atom. The Balaban J connectivity index is 2.51. The van der Waals surface area contributed by atoms with E-state index in [1.165, 1.54) is 14.7 Å². The highest BCUT2D eigenvalue weighted by molar-refractivity contribution is 14.1. The van der Waals surface area contributed by atoms with E-state index in [1.807, 2.05) is 25.1 Å². The average molecular weight is 338 g/mol. The summed E-state index contributed by atoms with van der Waals surface area (Å²) in [5.41, 5.74) is 3.66. The minimum Gasteiger partial charge on any atom is -0.493 e. The number of para-hydroxylation sites is 1. The summed E-state index contributed by atoms with van der Waals surface area (Å²) >= 11 is 2.35. The lowest BCUT2D eigenvalue weighted by molar-refractivity contribution is 0.341. The van der Waals surface area contributed by atoms with Gasteiger partial charge in [-0.25, -0.2) is 0 Å². The first-order chi connectivity index (χ1) is 8.20. The maximum absolute atomic E-state index is 5.67. The lowest BCUT2D eigenvalue weighted by Gasteiger charge is -2.11. The molecule has 0 aliphatic heterocycles. The molecule has 0 fully saturated rings. The van der Waals surface area contributed by atoms with Gasteiger partial charge in [-0.3, -0.25) is 0 Å². The molecule has 0 N–H and O–H groups in total. The van der Waals surface area contributed by atoms with Gasteiger partial charge in [-0.05, 0) is 65.8 Å². The molecule has 0 bridgehead atoms. The monoisotopic (exact) mass is 338 g/mol. The average Bonchev–Trinajstić information content (AvgIpc) is 2.29. The van der Waals surface area contributed by atoms with Crippen LogP contribution in [0.1, 0.15) is 12.5 Å². The summed E-state index contributed by atoms with van der Waals surface area (Å²) in [6.45, 7) is 4.83. The van der Waals surface area contributed by atoms with Crippen LogP contribution in [-0.4, -0.2) is 6.61 Å². The van der Waals surface area contributed by atoms with Gasteiger partial charge in [0, 0.05) is 9.13 Å². The van der Waals surface area contributed by atoms with E-state index < -0.39 is 0 Å². The first-order valence-corrected chi connectivity index (χ1v) is 6.78. The predicted octanol–water partition coefficient (Wildman–Crippen LogP) is 4.67. The standard InChI is InChI=1S/C15H15IO/c1-3-17-15-7-5-4-6-14(15)12-8-11(2)9-13(16)10-12/h4-10H,3H2,1-2H3. The second kappa shape index (κ2) is 5.54. The summed E-state index contributed by atoms with van der Waals surface area (Å²) in [7, 11) is 0. The molecule has 0 spiro atoms. The van der Waals surface area contributed by atoms with E-state index in [2.05, 4.69) is 53.8 Å². The number of rotatable bonds is 3. The number of ether oxygens (including phenoxy) is 1. The van der Waals surface area contributed by atoms with E-state index in [0.29, 0.717) is 6.61 Å². The second-order valence-electron chi connectivity index (χ2n) is 3.95. The summed E-state index contributed by atoms with van der Waals surface area (Å²) in [5, 5.41) is 0. The SMILES string of the molecule is CCOc1ccccc1-c1cc(C)cc(I)c1. The predicted molar refractivity (Wildman–Crippen MR) is 80.5 cm³/mol. The second-order valence-corrected chi connectivity index (χ2v) is 5.19. The van der Waals surface area contributed by atoms with Gasteiger partial charge in [0.05, 0.1) is 6.61 Å². The summed E-state index contributed by atoms with van der Waals surface area (Å²) in [5.74, 6) is 0.955. The third-order valence-corrected chi connectivity index (χ3v) is 3.16. The molecule has 0 unspecified atom stereocenters. The van der Waals surface area contributed by atoms with E-state index in [0.717, 1.165) is 11.3 Å². The molecule has 0 heterocycles. The largest absolute Gasteiger partial charge is 0.493 e. The van der Waals surface area contributed by atoms with Gasteiger partial charge in [0.25, 0.3) is 0 Å². The molecule has 0 atom stereocenters. The van der Waals surface area contributed by atoms with Gasteiger partial charge in [-0.15, -0.1) is 0 Å². The van der Waals surface area contributed by atoms with E-state index >= 15 is 0 Å². The van der Waals surface area contributed by atoms with Crippen LogP contribution >= 0.6 is 22.6 Å². The molecule has 17 heavy (non-hydrogen) atoms. The highest BCUT2D eigenvalue weighted by atomic mass is 127. The first kappa shape index (κ1) is 12.4. The van der Waals surface area contributed by atoms with Crippen LogP contribution in [0.5, 0.6) is 5.75 Å². The van der Waals surface area contributed by atoms with Gasteiger partial charge < -0.3 is 4.74 Å². The van der Waals surface area contributed by atoms with Crippen molar-refractivity contribution in [3.05, 3.63) is 51.6 Å². The minimum absolute atomic E-state index is 0.694. The van der Waals surface area contributed by atoms with E-state index in [-0.39, 0.29) is 0 Å². The van der Waals surface area contributed by atoms with Crippen molar-refractivity contribution in [2.24, 2.45) is 0 Å². The Hall–Kier alpha value is -1.03. The Bertz CT molecular complexity index is 500. The Morgan fingerprint density at radius 3 is 2.59 bits per heavy atom. The minimum atomic E-state index is 0.694. The number of hydrogen-bond acceptors (Lipinski definition) is 1. The van der Waals surface area contributed by atoms with Gasteiger partial charge >= 0.3 is 0 Å². The summed E-state index contributed by atoms with van der Waals surface area (Å²) in [6.07, 6.45) is 0. The van der Waals surface area contributed by atoms with E-state index in [1.54, 1.807) is 0 Å². The third-order valence-electron chi connectivity index (χ3n) is 2.54. The van der Waals surface area contributed by atoms with Crippen molar-refractivity contribution in [3.63, 3.8) is 0 Å². The van der Waals surface area contributed by atoms with Gasteiger partial charge in [-0.2, -0.15) is 0 Å². The lowest BCUT2D eigenvalue weighted by atomic mass is 10.0. The quantitative estimate of drug-likeness (QED) is 0.740. The van der Waals surface area contributed by atoms with Crippen LogP contribution in [0.3, 0.4) is 0 Å². The maximum Gasteiger partial charge on any atom is 0.127 e. The summed E-state index contributed by atoms with van der Waals surface area (Å²) in [4.78, 5) is 0. The first-order valence-electron chi connectivity index (χ1n) is 5.70. The van der Waals surface area contributed by atoms with Gasteiger partial charge in [0.15, 0.2) is 0 Å². The zero-order valence-electron chi connectivity index (χ0n) is 10.0. The van der Waals surface area contributed by atoms with Crippen LogP contribution in [0.25, 0.3) is 11.1 Å². The smallest absolute Gasteiger partial charge is 0.127 e. The van der Waals surface area contributed by atoms with Crippen molar-refractivity contribution in [1.82, 2.24) is 0 Å². The molecule has 0 aromatic heterocycles. The van der Waals surface area contributed by atoms with Crippen LogP contribution < -0.4 is 4.74 Å². The molecule has 2 aromatic carbocycles. The molecule has 0 aliphatic carbocycles. The zero-order valence-corrected chi connectivity index (χ0v) is 12.2. The van der Waals surface area contributed by atoms with Crippen molar-refractivity contribution in [2.45, 2.75) is 13.8 Å². The topological polar surface area (TPSA) is 9.23 Å². The molecule has 2 heteroatoms. The molecule has 0 saturated carbocycles. The number of benzene rings is 2. The molecular weight excluding hydrogens is 323 g/mol. The Morgan fingerprint density at radius 2 is 1.88 bits per heavy atom. The van der Waals surface area contributed by atoms with Crippen LogP contribution in [0.15, 0.2) is 42.5 Å². The lowest BCUT2D eigenvalue weighted by Crippen LogP contribution is -1.94. The molecule has 0 aliphatic rings. The Labute approximate surface area is 116 Å². The van der Waals surface area contributed by atoms with Gasteiger partial charge in [-0.1, -0.05) is 24.3 Å². The summed E-state index contributed by atoms with van der Waals surface area (Å²) in [6, 6.07) is 14.7. The number of aryl methyl sites for hydroxylation is 1. The zero-order chi connectivity index (χ0) is 12.3. The highest BCUT2D eigenvalue weighted by Gasteiger charge is 2.06. The fraction of sp³-hybridized carbons (Fsp3) is 0.200. The number of halogens is 1. The van der Waals surface area contributed by atoms with Gasteiger partial charge in [0.1, 0.15) is 5.75 Å². The van der Waals surface area contributed by atoms with Crippen molar-refractivity contribution in [1.29, 1.82) is 0 Å². The van der Waals surface area contributed by atoms with Crippen LogP contribution in [0, 0.1) is 10.5 Å². The van der Waals surface area contributed by atoms with E-state index in [4.69, 9.17) is 4.74 Å². The van der Waals surface area contributed by atoms with Crippen molar-refractivity contribution >= 4 is 22.6 Å². The molecule has 1 nitrogen and oxygen atoms in total. The molecule has 0 radical (unpaired) electrons. The van der Waals surface area contributed by atoms with Crippen molar-refractivity contribution in [2.75, 3.05) is 6.61 Å². The van der Waals surface area contributed by atoms with E-state index in [9.17, 15) is 0 Å². The van der Waals surface area contributed by atoms with Gasteiger partial charge in [0.2, 0.25) is 0 Å². The number of hydrogen-bond donors (Lipinski definition) is 0. The molecule has 2 aromatic rings. The van der Waals surface area contributed by atoms with Crippen LogP contribution in [0.2, 0.25) is 0 Å². The van der Waals surface area contributed by atoms with Crippen molar-refractivity contribution < 1.29 is 4.74 Å². The van der Waals surface area contributed by atoms with Crippen molar-refractivity contribution in [3.8, 4) is 16.9 Å². The molecule has 0 amide bonds. The Kier molecular flexibility index (Phi) is 4.05. The molecular formula is C15H15IO. The molecule has 88 valence electrons. The highest BCUT2D eigenvalue weighted by Crippen LogP contribution is 2.31.